The van der Waals surface area contributed by atoms with Gasteiger partial charge in [-0.1, -0.05) is 72.8 Å². The van der Waals surface area contributed by atoms with Crippen LogP contribution in [0.3, 0.4) is 0 Å². The zero-order valence-electron chi connectivity index (χ0n) is 31.1. The minimum atomic E-state index is -8.15. The fraction of sp³-hybridized carbons (Fsp3) is 0.432. The molecule has 1 heterocycles. The van der Waals surface area contributed by atoms with E-state index >= 15 is 0 Å². The first-order valence-corrected chi connectivity index (χ1v) is 18.7. The maximum Gasteiger partial charge on any atom is 0.460 e. The number of hydrogen-bond donors (Lipinski definition) is 0. The van der Waals surface area contributed by atoms with Gasteiger partial charge in [0.1, 0.15) is 0 Å². The smallest absolute Gasteiger partial charge is 0.256 e. The average molecular weight is 1010 g/mol. The van der Waals surface area contributed by atoms with Crippen LogP contribution in [0.1, 0.15) is 24.0 Å². The van der Waals surface area contributed by atoms with Gasteiger partial charge in [-0.3, -0.25) is 4.98 Å². The summed E-state index contributed by atoms with van der Waals surface area (Å²) in [4.78, 5) is 4.18. The van der Waals surface area contributed by atoms with Gasteiger partial charge in [0.05, 0.1) is 5.52 Å². The van der Waals surface area contributed by atoms with Gasteiger partial charge in [0, 0.05) is 29.7 Å². The Labute approximate surface area is 347 Å². The van der Waals surface area contributed by atoms with Crippen molar-refractivity contribution in [2.45, 2.75) is 97.3 Å². The summed E-state index contributed by atoms with van der Waals surface area (Å²) in [5.41, 5.74) is -1.07. The summed E-state index contributed by atoms with van der Waals surface area (Å²) < 4.78 is 356. The molecule has 65 heavy (non-hydrogen) atoms. The fourth-order valence-electron chi connectivity index (χ4n) is 5.92. The number of aryl methyl sites for hydroxylation is 2. The Morgan fingerprint density at radius 1 is 0.369 bits per heavy atom. The molecule has 28 heteroatoms. The van der Waals surface area contributed by atoms with Gasteiger partial charge in [0.25, 0.3) is 0 Å². The van der Waals surface area contributed by atoms with Crippen LogP contribution in [-0.4, -0.2) is 76.6 Å². The Morgan fingerprint density at radius 2 is 0.708 bits per heavy atom. The second-order valence-corrected chi connectivity index (χ2v) is 16.2. The molecule has 0 aliphatic heterocycles. The molecule has 0 saturated heterocycles. The third kappa shape index (κ3) is 8.75. The first kappa shape index (κ1) is 53.3. The van der Waals surface area contributed by atoms with Crippen molar-refractivity contribution in [1.29, 1.82) is 0 Å². The van der Waals surface area contributed by atoms with E-state index in [9.17, 15) is 114 Å². The van der Waals surface area contributed by atoms with Gasteiger partial charge in [-0.2, -0.15) is 114 Å². The molecule has 4 rings (SSSR count). The lowest BCUT2D eigenvalue weighted by atomic mass is 9.91. The number of alkyl halides is 26. The summed E-state index contributed by atoms with van der Waals surface area (Å²) in [6, 6.07) is 14.6. The predicted molar refractivity (Wildman–Crippen MR) is 179 cm³/mol. The second-order valence-electron chi connectivity index (χ2n) is 14.0. The van der Waals surface area contributed by atoms with Gasteiger partial charge in [-0.25, -0.2) is 0 Å². The van der Waals surface area contributed by atoms with E-state index in [0.29, 0.717) is 5.39 Å². The summed E-state index contributed by atoms with van der Waals surface area (Å²) in [5, 5.41) is 0.181. The molecule has 1 aromatic heterocycles. The van der Waals surface area contributed by atoms with Gasteiger partial charge in [0.15, 0.2) is 0 Å². The van der Waals surface area contributed by atoms with E-state index in [2.05, 4.69) is 4.98 Å². The summed E-state index contributed by atoms with van der Waals surface area (Å²) in [6.07, 6.45) is -22.4. The molecule has 0 spiro atoms. The van der Waals surface area contributed by atoms with Crippen molar-refractivity contribution in [3.63, 3.8) is 0 Å². The molecular formula is C37H22F26NP. The number of para-hydroxylation sites is 1. The molecule has 0 bridgehead atoms. The van der Waals surface area contributed by atoms with Gasteiger partial charge in [0.2, 0.25) is 0 Å². The predicted octanol–water partition coefficient (Wildman–Crippen LogP) is 13.3. The van der Waals surface area contributed by atoms with Gasteiger partial charge in [-0.05, 0) is 48.6 Å². The standard InChI is InChI=1S/C37H22F26NP/c38-26(39,28(42,43)30(46,47)32(50,51)34(54,55)36(58,59)60)14-12-19-5-1-9-22(17-19)65(24-11-3-7-21-8-4-16-64-25(21)24)23-10-2-6-20(18-23)13-15-27(40,41)29(44,45)31(48,49)33(52,53)35(56,57)37(61,62)63/h1-11,16-18H,12-15H2. The molecule has 0 radical (unpaired) electrons. The molecule has 0 aliphatic rings. The van der Waals surface area contributed by atoms with Crippen molar-refractivity contribution >= 4 is 34.7 Å². The SMILES string of the molecule is FC(F)(F)C(F)(F)C(F)(F)C(F)(F)C(F)(F)C(F)(F)CCc1cccc(P(c2cccc(CCC(F)(F)C(F)(F)C(F)(F)C(F)(F)C(F)(F)C(F)(F)F)c2)c2cccc3cccnc23)c1. The zero-order chi connectivity index (χ0) is 50.1. The molecule has 362 valence electrons. The molecule has 0 fully saturated rings. The monoisotopic (exact) mass is 1010 g/mol. The number of rotatable bonds is 17. The minimum Gasteiger partial charge on any atom is -0.256 e. The van der Waals surface area contributed by atoms with Crippen LogP contribution in [0.2, 0.25) is 0 Å². The van der Waals surface area contributed by atoms with E-state index < -0.39 is 116 Å². The first-order chi connectivity index (χ1) is 29.1. The third-order valence-corrected chi connectivity index (χ3v) is 12.1. The van der Waals surface area contributed by atoms with Crippen LogP contribution in [0, 0.1) is 0 Å². The minimum absolute atomic E-state index is 0.0897. The Balaban J connectivity index is 1.74. The van der Waals surface area contributed by atoms with E-state index in [1.54, 1.807) is 0 Å². The van der Waals surface area contributed by atoms with Crippen molar-refractivity contribution in [3.8, 4) is 0 Å². The van der Waals surface area contributed by atoms with Crippen LogP contribution in [0.15, 0.2) is 85.1 Å². The van der Waals surface area contributed by atoms with E-state index in [4.69, 9.17) is 0 Å². The number of pyridine rings is 1. The first-order valence-electron chi connectivity index (χ1n) is 17.3. The molecule has 0 N–H and O–H groups in total. The highest BCUT2D eigenvalue weighted by Gasteiger charge is 2.92. The van der Waals surface area contributed by atoms with Crippen LogP contribution in [0.4, 0.5) is 114 Å². The number of benzene rings is 3. The highest BCUT2D eigenvalue weighted by atomic mass is 31.1. The normalized spacial score (nSPS) is 15.0. The van der Waals surface area contributed by atoms with Crippen LogP contribution in [0.5, 0.6) is 0 Å². The highest BCUT2D eigenvalue weighted by molar-refractivity contribution is 7.80. The number of hydrogen-bond acceptors (Lipinski definition) is 1. The summed E-state index contributed by atoms with van der Waals surface area (Å²) >= 11 is 0. The molecule has 0 amide bonds. The highest BCUT2D eigenvalue weighted by Crippen LogP contribution is 2.62. The van der Waals surface area contributed by atoms with Gasteiger partial charge >= 0.3 is 71.6 Å². The Morgan fingerprint density at radius 3 is 1.08 bits per heavy atom. The zero-order valence-corrected chi connectivity index (χ0v) is 32.0. The molecule has 4 aromatic rings. The Hall–Kier alpha value is -4.32. The molecule has 0 atom stereocenters. The van der Waals surface area contributed by atoms with Gasteiger partial charge < -0.3 is 0 Å². The summed E-state index contributed by atoms with van der Waals surface area (Å²) in [6.45, 7) is 0. The van der Waals surface area contributed by atoms with Gasteiger partial charge in [-0.15, -0.1) is 0 Å². The quantitative estimate of drug-likeness (QED) is 0.0759. The van der Waals surface area contributed by atoms with Crippen LogP contribution in [-0.2, 0) is 12.8 Å². The van der Waals surface area contributed by atoms with E-state index in [0.717, 1.165) is 48.5 Å². The van der Waals surface area contributed by atoms with Crippen molar-refractivity contribution < 1.29 is 114 Å². The lowest BCUT2D eigenvalue weighted by Crippen LogP contribution is -2.70. The Kier molecular flexibility index (Phi) is 13.8. The van der Waals surface area contributed by atoms with Crippen LogP contribution in [0.25, 0.3) is 10.9 Å². The van der Waals surface area contributed by atoms with Crippen molar-refractivity contribution in [3.05, 3.63) is 96.2 Å². The number of fused-ring (bicyclic) bond motifs is 1. The lowest BCUT2D eigenvalue weighted by Gasteiger charge is -2.39. The molecular weight excluding hydrogens is 983 g/mol. The number of nitrogens with zero attached hydrogens (tertiary/aromatic N) is 1. The Bertz CT molecular complexity index is 2190. The molecule has 3 aromatic carbocycles. The number of aromatic nitrogens is 1. The molecule has 1 nitrogen and oxygen atoms in total. The van der Waals surface area contributed by atoms with E-state index in [1.165, 1.54) is 36.5 Å². The second kappa shape index (κ2) is 16.8. The molecule has 0 unspecified atom stereocenters. The maximum absolute atomic E-state index is 14.7. The van der Waals surface area contributed by atoms with Crippen molar-refractivity contribution in [1.82, 2.24) is 4.98 Å². The fourth-order valence-corrected chi connectivity index (χ4v) is 8.47. The molecule has 0 aliphatic carbocycles. The largest absolute Gasteiger partial charge is 0.460 e. The van der Waals surface area contributed by atoms with E-state index in [-0.39, 0.29) is 21.4 Å². The van der Waals surface area contributed by atoms with Crippen LogP contribution >= 0.6 is 7.92 Å². The topological polar surface area (TPSA) is 12.9 Å². The maximum atomic E-state index is 14.7. The van der Waals surface area contributed by atoms with Crippen molar-refractivity contribution in [2.75, 3.05) is 0 Å². The van der Waals surface area contributed by atoms with E-state index in [1.807, 2.05) is 0 Å². The van der Waals surface area contributed by atoms with Crippen molar-refractivity contribution in [2.24, 2.45) is 0 Å². The summed E-state index contributed by atoms with van der Waals surface area (Å²) in [5.74, 6) is -76.4. The average Bonchev–Trinajstić information content (AvgIpc) is 3.18. The lowest BCUT2D eigenvalue weighted by molar-refractivity contribution is -0.440. The number of halogens is 26. The third-order valence-electron chi connectivity index (χ3n) is 9.64. The molecule has 0 saturated carbocycles. The van der Waals surface area contributed by atoms with Crippen LogP contribution < -0.4 is 15.9 Å². The summed E-state index contributed by atoms with van der Waals surface area (Å²) in [7, 11) is -2.37.